The van der Waals surface area contributed by atoms with Crippen molar-refractivity contribution in [1.82, 2.24) is 4.90 Å². The molecule has 4 heteroatoms. The van der Waals surface area contributed by atoms with Gasteiger partial charge in [-0.3, -0.25) is 0 Å². The maximum absolute atomic E-state index is 13.5. The third-order valence-electron chi connectivity index (χ3n) is 2.54. The van der Waals surface area contributed by atoms with Crippen molar-refractivity contribution in [1.29, 1.82) is 5.26 Å². The summed E-state index contributed by atoms with van der Waals surface area (Å²) in [5.41, 5.74) is 0.975. The lowest BCUT2D eigenvalue weighted by atomic mass is 10.1. The van der Waals surface area contributed by atoms with E-state index in [1.807, 2.05) is 18.0 Å². The van der Waals surface area contributed by atoms with E-state index < -0.39 is 0 Å². The highest BCUT2D eigenvalue weighted by atomic mass is 19.1. The third-order valence-corrected chi connectivity index (χ3v) is 2.54. The number of rotatable bonds is 5. The zero-order valence-corrected chi connectivity index (χ0v) is 10.2. The average Bonchev–Trinajstić information content (AvgIpc) is 2.29. The summed E-state index contributed by atoms with van der Waals surface area (Å²) >= 11 is 0. The zero-order valence-electron chi connectivity index (χ0n) is 10.2. The van der Waals surface area contributed by atoms with Crippen LogP contribution in [0.5, 0.6) is 0 Å². The van der Waals surface area contributed by atoms with Crippen molar-refractivity contribution in [2.75, 3.05) is 13.6 Å². The van der Waals surface area contributed by atoms with E-state index in [1.165, 1.54) is 12.1 Å². The quantitative estimate of drug-likeness (QED) is 0.849. The number of hydrogen-bond donors (Lipinski definition) is 1. The molecular weight excluding hydrogens is 219 g/mol. The molecule has 1 N–H and O–H groups in total. The molecule has 3 nitrogen and oxygen atoms in total. The molecule has 0 amide bonds. The van der Waals surface area contributed by atoms with Crippen LogP contribution >= 0.6 is 0 Å². The molecule has 0 spiro atoms. The van der Waals surface area contributed by atoms with Crippen molar-refractivity contribution in [2.24, 2.45) is 0 Å². The molecule has 1 aromatic carbocycles. The van der Waals surface area contributed by atoms with Gasteiger partial charge in [-0.1, -0.05) is 0 Å². The van der Waals surface area contributed by atoms with Gasteiger partial charge in [0.25, 0.3) is 0 Å². The highest BCUT2D eigenvalue weighted by molar-refractivity contribution is 5.33. The maximum atomic E-state index is 13.5. The summed E-state index contributed by atoms with van der Waals surface area (Å²) < 4.78 is 13.5. The van der Waals surface area contributed by atoms with Crippen LogP contribution in [0.4, 0.5) is 4.39 Å². The van der Waals surface area contributed by atoms with Crippen LogP contribution in [0.2, 0.25) is 0 Å². The Morgan fingerprint density at radius 3 is 2.82 bits per heavy atom. The van der Waals surface area contributed by atoms with E-state index in [0.717, 1.165) is 0 Å². The number of halogens is 1. The average molecular weight is 236 g/mol. The Balaban J connectivity index is 2.64. The molecular formula is C13H17FN2O. The Kier molecular flexibility index (Phi) is 5.08. The topological polar surface area (TPSA) is 47.3 Å². The van der Waals surface area contributed by atoms with Gasteiger partial charge < -0.3 is 10.0 Å². The minimum atomic E-state index is -0.354. The minimum Gasteiger partial charge on any atom is -0.393 e. The lowest BCUT2D eigenvalue weighted by Gasteiger charge is -2.18. The number of benzene rings is 1. The molecule has 0 aromatic heterocycles. The van der Waals surface area contributed by atoms with Crippen LogP contribution in [0.15, 0.2) is 18.2 Å². The summed E-state index contributed by atoms with van der Waals surface area (Å²) in [4.78, 5) is 1.92. The fraction of sp³-hybridized carbons (Fsp3) is 0.462. The predicted octanol–water partition coefficient (Wildman–Crippen LogP) is 1.90. The molecule has 1 rings (SSSR count). The van der Waals surface area contributed by atoms with Crippen LogP contribution in [0.1, 0.15) is 24.5 Å². The number of nitriles is 1. The van der Waals surface area contributed by atoms with E-state index in [1.54, 1.807) is 13.0 Å². The van der Waals surface area contributed by atoms with Crippen LogP contribution in [0, 0.1) is 17.1 Å². The van der Waals surface area contributed by atoms with Crippen LogP contribution in [-0.4, -0.2) is 29.7 Å². The maximum Gasteiger partial charge on any atom is 0.127 e. The van der Waals surface area contributed by atoms with Gasteiger partial charge in [0.15, 0.2) is 0 Å². The van der Waals surface area contributed by atoms with Gasteiger partial charge in [-0.05, 0) is 38.6 Å². The van der Waals surface area contributed by atoms with Crippen LogP contribution in [0.3, 0.4) is 0 Å². The molecule has 0 aliphatic rings. The van der Waals surface area contributed by atoms with E-state index in [4.69, 9.17) is 10.4 Å². The van der Waals surface area contributed by atoms with E-state index in [0.29, 0.717) is 30.6 Å². The summed E-state index contributed by atoms with van der Waals surface area (Å²) in [5, 5.41) is 17.9. The Bertz CT molecular complexity index is 412. The molecule has 1 aromatic rings. The standard InChI is InChI=1S/C13H17FN2O/c1-10(17)5-6-16(2)9-12-7-11(8-15)3-4-13(12)14/h3-4,7,10,17H,5-6,9H2,1-2H3. The van der Waals surface area contributed by atoms with Crippen molar-refractivity contribution in [3.8, 4) is 6.07 Å². The van der Waals surface area contributed by atoms with Crippen molar-refractivity contribution >= 4 is 0 Å². The SMILES string of the molecule is CC(O)CCN(C)Cc1cc(C#N)ccc1F. The fourth-order valence-corrected chi connectivity index (χ4v) is 1.54. The Labute approximate surface area is 101 Å². The molecule has 1 unspecified atom stereocenters. The van der Waals surface area contributed by atoms with Crippen molar-refractivity contribution in [3.05, 3.63) is 35.1 Å². The minimum absolute atomic E-state index is 0.298. The zero-order chi connectivity index (χ0) is 12.8. The van der Waals surface area contributed by atoms with Gasteiger partial charge in [0.1, 0.15) is 5.82 Å². The first-order valence-electron chi connectivity index (χ1n) is 5.58. The number of aliphatic hydroxyl groups excluding tert-OH is 1. The molecule has 0 saturated carbocycles. The normalized spacial score (nSPS) is 12.5. The number of nitrogens with zero attached hydrogens (tertiary/aromatic N) is 2. The summed E-state index contributed by atoms with van der Waals surface area (Å²) in [6.07, 6.45) is 0.295. The lowest BCUT2D eigenvalue weighted by Crippen LogP contribution is -2.22. The van der Waals surface area contributed by atoms with Gasteiger partial charge in [0.05, 0.1) is 17.7 Å². The van der Waals surface area contributed by atoms with Gasteiger partial charge in [-0.15, -0.1) is 0 Å². The molecule has 0 bridgehead atoms. The first kappa shape index (κ1) is 13.6. The van der Waals surface area contributed by atoms with E-state index >= 15 is 0 Å². The molecule has 0 aliphatic carbocycles. The molecule has 0 fully saturated rings. The summed E-state index contributed by atoms with van der Waals surface area (Å²) in [6.45, 7) is 2.85. The van der Waals surface area contributed by atoms with Gasteiger partial charge in [-0.2, -0.15) is 5.26 Å². The first-order chi connectivity index (χ1) is 8.02. The monoisotopic (exact) mass is 236 g/mol. The summed E-state index contributed by atoms with van der Waals surface area (Å²) in [6, 6.07) is 6.34. The number of aliphatic hydroxyl groups is 1. The van der Waals surface area contributed by atoms with Gasteiger partial charge in [-0.25, -0.2) is 4.39 Å². The van der Waals surface area contributed by atoms with Gasteiger partial charge in [0, 0.05) is 18.7 Å². The Morgan fingerprint density at radius 1 is 1.53 bits per heavy atom. The summed E-state index contributed by atoms with van der Waals surface area (Å²) in [7, 11) is 1.86. The van der Waals surface area contributed by atoms with E-state index in [9.17, 15) is 4.39 Å². The first-order valence-corrected chi connectivity index (χ1v) is 5.58. The molecule has 92 valence electrons. The van der Waals surface area contributed by atoms with Crippen LogP contribution in [-0.2, 0) is 6.54 Å². The Hall–Kier alpha value is -1.44. The van der Waals surface area contributed by atoms with Gasteiger partial charge >= 0.3 is 0 Å². The van der Waals surface area contributed by atoms with Crippen molar-refractivity contribution < 1.29 is 9.50 Å². The predicted molar refractivity (Wildman–Crippen MR) is 63.7 cm³/mol. The summed E-state index contributed by atoms with van der Waals surface area (Å²) in [5.74, 6) is -0.298. The molecule has 0 heterocycles. The van der Waals surface area contributed by atoms with Crippen LogP contribution < -0.4 is 0 Å². The highest BCUT2D eigenvalue weighted by Crippen LogP contribution is 2.12. The third kappa shape index (κ3) is 4.51. The van der Waals surface area contributed by atoms with Crippen molar-refractivity contribution in [2.45, 2.75) is 26.0 Å². The van der Waals surface area contributed by atoms with Crippen LogP contribution in [0.25, 0.3) is 0 Å². The fourth-order valence-electron chi connectivity index (χ4n) is 1.54. The van der Waals surface area contributed by atoms with Gasteiger partial charge in [0.2, 0.25) is 0 Å². The number of hydrogen-bond acceptors (Lipinski definition) is 3. The van der Waals surface area contributed by atoms with E-state index in [-0.39, 0.29) is 11.9 Å². The Morgan fingerprint density at radius 2 is 2.24 bits per heavy atom. The molecule has 0 saturated heterocycles. The molecule has 0 radical (unpaired) electrons. The second kappa shape index (κ2) is 6.33. The lowest BCUT2D eigenvalue weighted by molar-refractivity contribution is 0.162. The smallest absolute Gasteiger partial charge is 0.127 e. The van der Waals surface area contributed by atoms with Crippen molar-refractivity contribution in [3.63, 3.8) is 0 Å². The molecule has 0 aliphatic heterocycles. The second-order valence-electron chi connectivity index (χ2n) is 4.29. The molecule has 1 atom stereocenters. The van der Waals surface area contributed by atoms with E-state index in [2.05, 4.69) is 0 Å². The largest absolute Gasteiger partial charge is 0.393 e. The molecule has 17 heavy (non-hydrogen) atoms. The second-order valence-corrected chi connectivity index (χ2v) is 4.29. The highest BCUT2D eigenvalue weighted by Gasteiger charge is 2.07.